The lowest BCUT2D eigenvalue weighted by Crippen LogP contribution is -2.40. The lowest BCUT2D eigenvalue weighted by atomic mass is 10.1. The predicted octanol–water partition coefficient (Wildman–Crippen LogP) is 2.86. The second-order valence-corrected chi connectivity index (χ2v) is 8.15. The molecule has 0 saturated heterocycles. The highest BCUT2D eigenvalue weighted by Crippen LogP contribution is 2.16. The van der Waals surface area contributed by atoms with E-state index in [0.717, 1.165) is 24.2 Å². The fourth-order valence-corrected chi connectivity index (χ4v) is 3.56. The first kappa shape index (κ1) is 21.6. The summed E-state index contributed by atoms with van der Waals surface area (Å²) in [4.78, 5) is 19.3. The lowest BCUT2D eigenvalue weighted by molar-refractivity contribution is -0.127. The number of likely N-dealkylation sites (N-methyl/N-ethyl adjacent to an activating group) is 1. The molecule has 8 heteroatoms. The first-order chi connectivity index (χ1) is 14.5. The zero-order chi connectivity index (χ0) is 21.3. The van der Waals surface area contributed by atoms with Crippen molar-refractivity contribution < 1.29 is 4.79 Å². The molecule has 0 fully saturated rings. The Labute approximate surface area is 181 Å². The highest BCUT2D eigenvalue weighted by Gasteiger charge is 2.11. The monoisotopic (exact) mass is 424 g/mol. The van der Waals surface area contributed by atoms with Crippen molar-refractivity contribution in [2.75, 3.05) is 27.2 Å². The molecule has 1 aromatic carbocycles. The van der Waals surface area contributed by atoms with E-state index in [1.165, 1.54) is 4.88 Å². The molecule has 1 atom stereocenters. The zero-order valence-corrected chi connectivity index (χ0v) is 18.4. The summed E-state index contributed by atoms with van der Waals surface area (Å²) in [6.07, 6.45) is 4.59. The van der Waals surface area contributed by atoms with E-state index < -0.39 is 0 Å². The standard InChI is InChI=1S/C22H28N6OS/c1-17(18-7-4-8-19(15-18)28-13-6-11-25-28)26-22(24-16-21(29)27(2)3)23-12-10-20-9-5-14-30-20/h4-9,11,13-15,17H,10,12,16H2,1-3H3,(H2,23,24,26). The van der Waals surface area contributed by atoms with Crippen LogP contribution in [0.2, 0.25) is 0 Å². The molecule has 2 heterocycles. The molecule has 30 heavy (non-hydrogen) atoms. The summed E-state index contributed by atoms with van der Waals surface area (Å²) in [5.74, 6) is 0.585. The topological polar surface area (TPSA) is 74.6 Å². The van der Waals surface area contributed by atoms with Gasteiger partial charge >= 0.3 is 0 Å². The third-order valence-electron chi connectivity index (χ3n) is 4.61. The summed E-state index contributed by atoms with van der Waals surface area (Å²) in [6.45, 7) is 2.91. The van der Waals surface area contributed by atoms with Crippen LogP contribution >= 0.6 is 11.3 Å². The van der Waals surface area contributed by atoms with Crippen LogP contribution in [0.25, 0.3) is 5.69 Å². The van der Waals surface area contributed by atoms with Crippen LogP contribution < -0.4 is 10.6 Å². The minimum absolute atomic E-state index is 0.00274. The van der Waals surface area contributed by atoms with Gasteiger partial charge in [-0.1, -0.05) is 18.2 Å². The maximum Gasteiger partial charge on any atom is 0.243 e. The number of aromatic nitrogens is 2. The Bertz CT molecular complexity index is 950. The molecule has 158 valence electrons. The second-order valence-electron chi connectivity index (χ2n) is 7.12. The van der Waals surface area contributed by atoms with Crippen molar-refractivity contribution in [3.05, 3.63) is 70.7 Å². The maximum absolute atomic E-state index is 12.0. The van der Waals surface area contributed by atoms with Crippen molar-refractivity contribution in [3.63, 3.8) is 0 Å². The van der Waals surface area contributed by atoms with E-state index in [-0.39, 0.29) is 18.5 Å². The van der Waals surface area contributed by atoms with Gasteiger partial charge in [-0.3, -0.25) is 4.79 Å². The predicted molar refractivity (Wildman–Crippen MR) is 122 cm³/mol. The van der Waals surface area contributed by atoms with Crippen molar-refractivity contribution in [1.82, 2.24) is 25.3 Å². The molecule has 0 radical (unpaired) electrons. The van der Waals surface area contributed by atoms with Gasteiger partial charge in [0.25, 0.3) is 0 Å². The largest absolute Gasteiger partial charge is 0.356 e. The third-order valence-corrected chi connectivity index (χ3v) is 5.54. The van der Waals surface area contributed by atoms with Gasteiger partial charge in [0.1, 0.15) is 6.54 Å². The fraction of sp³-hybridized carbons (Fsp3) is 0.318. The average molecular weight is 425 g/mol. The Hall–Kier alpha value is -3.13. The molecule has 1 amide bonds. The van der Waals surface area contributed by atoms with Crippen LogP contribution in [0.5, 0.6) is 0 Å². The minimum atomic E-state index is -0.0392. The summed E-state index contributed by atoms with van der Waals surface area (Å²) in [5.41, 5.74) is 2.10. The van der Waals surface area contributed by atoms with Crippen LogP contribution in [0.4, 0.5) is 0 Å². The van der Waals surface area contributed by atoms with Gasteiger partial charge in [0.05, 0.1) is 11.7 Å². The van der Waals surface area contributed by atoms with Crippen LogP contribution in [-0.4, -0.2) is 53.7 Å². The normalized spacial score (nSPS) is 12.4. The summed E-state index contributed by atoms with van der Waals surface area (Å²) in [6, 6.07) is 14.3. The summed E-state index contributed by atoms with van der Waals surface area (Å²) < 4.78 is 1.83. The third kappa shape index (κ3) is 6.18. The highest BCUT2D eigenvalue weighted by atomic mass is 32.1. The summed E-state index contributed by atoms with van der Waals surface area (Å²) in [5, 5.41) is 13.1. The molecule has 7 nitrogen and oxygen atoms in total. The van der Waals surface area contributed by atoms with E-state index in [9.17, 15) is 4.79 Å². The van der Waals surface area contributed by atoms with Gasteiger partial charge in [0, 0.05) is 37.9 Å². The molecule has 0 aliphatic heterocycles. The van der Waals surface area contributed by atoms with E-state index in [4.69, 9.17) is 0 Å². The minimum Gasteiger partial charge on any atom is -0.356 e. The number of nitrogens with one attached hydrogen (secondary N) is 2. The molecule has 0 bridgehead atoms. The molecule has 3 rings (SSSR count). The molecule has 0 aliphatic carbocycles. The number of hydrogen-bond acceptors (Lipinski definition) is 4. The van der Waals surface area contributed by atoms with E-state index >= 15 is 0 Å². The average Bonchev–Trinajstić information content (AvgIpc) is 3.45. The Balaban J connectivity index is 1.68. The van der Waals surface area contributed by atoms with Crippen molar-refractivity contribution in [2.45, 2.75) is 19.4 Å². The van der Waals surface area contributed by atoms with Gasteiger partial charge < -0.3 is 15.5 Å². The molecular formula is C22H28N6OS. The molecule has 3 aromatic rings. The highest BCUT2D eigenvalue weighted by molar-refractivity contribution is 7.09. The van der Waals surface area contributed by atoms with Crippen molar-refractivity contribution in [1.29, 1.82) is 0 Å². The van der Waals surface area contributed by atoms with Gasteiger partial charge in [-0.25, -0.2) is 9.67 Å². The number of aliphatic imine (C=N–C) groups is 1. The summed E-state index contributed by atoms with van der Waals surface area (Å²) in [7, 11) is 3.47. The number of hydrogen-bond donors (Lipinski definition) is 2. The second kappa shape index (κ2) is 10.6. The number of benzene rings is 1. The molecule has 2 aromatic heterocycles. The number of nitrogens with zero attached hydrogens (tertiary/aromatic N) is 4. The van der Waals surface area contributed by atoms with Crippen molar-refractivity contribution in [2.24, 2.45) is 4.99 Å². The number of guanidine groups is 1. The van der Waals surface area contributed by atoms with E-state index in [0.29, 0.717) is 5.96 Å². The van der Waals surface area contributed by atoms with Crippen LogP contribution in [0, 0.1) is 0 Å². The van der Waals surface area contributed by atoms with Crippen molar-refractivity contribution >= 4 is 23.2 Å². The zero-order valence-electron chi connectivity index (χ0n) is 17.6. The number of amides is 1. The van der Waals surface area contributed by atoms with Gasteiger partial charge in [-0.05, 0) is 48.6 Å². The maximum atomic E-state index is 12.0. The SMILES string of the molecule is CC(NC(=NCC(=O)N(C)C)NCCc1cccs1)c1cccc(-n2cccn2)c1. The van der Waals surface area contributed by atoms with Gasteiger partial charge in [0.2, 0.25) is 5.91 Å². The summed E-state index contributed by atoms with van der Waals surface area (Å²) >= 11 is 1.74. The molecule has 2 N–H and O–H groups in total. The number of carbonyl (C=O) groups is 1. The van der Waals surface area contributed by atoms with Crippen molar-refractivity contribution in [3.8, 4) is 5.69 Å². The van der Waals surface area contributed by atoms with Crippen LogP contribution in [-0.2, 0) is 11.2 Å². The Kier molecular flexibility index (Phi) is 7.62. The first-order valence-corrected chi connectivity index (χ1v) is 10.8. The molecule has 0 spiro atoms. The molecule has 0 aliphatic rings. The van der Waals surface area contributed by atoms with Crippen LogP contribution in [0.3, 0.4) is 0 Å². The Morgan fingerprint density at radius 2 is 2.13 bits per heavy atom. The van der Waals surface area contributed by atoms with Gasteiger partial charge in [0.15, 0.2) is 5.96 Å². The quantitative estimate of drug-likeness (QED) is 0.431. The fourth-order valence-electron chi connectivity index (χ4n) is 2.85. The molecule has 1 unspecified atom stereocenters. The number of rotatable bonds is 8. The Morgan fingerprint density at radius 3 is 2.83 bits per heavy atom. The molecule has 0 saturated carbocycles. The van der Waals surface area contributed by atoms with E-state index in [1.807, 2.05) is 29.1 Å². The van der Waals surface area contributed by atoms with Crippen LogP contribution in [0.15, 0.2) is 65.2 Å². The Morgan fingerprint density at radius 1 is 1.27 bits per heavy atom. The first-order valence-electron chi connectivity index (χ1n) is 9.90. The van der Waals surface area contributed by atoms with Crippen LogP contribution in [0.1, 0.15) is 23.4 Å². The van der Waals surface area contributed by atoms with E-state index in [1.54, 1.807) is 36.5 Å². The van der Waals surface area contributed by atoms with Gasteiger partial charge in [-0.2, -0.15) is 5.10 Å². The van der Waals surface area contributed by atoms with Gasteiger partial charge in [-0.15, -0.1) is 11.3 Å². The lowest BCUT2D eigenvalue weighted by Gasteiger charge is -2.19. The number of carbonyl (C=O) groups excluding carboxylic acids is 1. The molecular weight excluding hydrogens is 396 g/mol. The number of thiophene rings is 1. The smallest absolute Gasteiger partial charge is 0.243 e. The van der Waals surface area contributed by atoms with E-state index in [2.05, 4.69) is 57.3 Å².